The predicted molar refractivity (Wildman–Crippen MR) is 132 cm³/mol. The SMILES string of the molecule is COc1ccc(-c2[nH]nc3c2C(c2cccc(OCc4ccc(C)cc4)c2)C(C#N)=C(N)O3)cc1. The Morgan fingerprint density at radius 3 is 2.54 bits per heavy atom. The highest BCUT2D eigenvalue weighted by atomic mass is 16.5. The molecule has 3 aromatic carbocycles. The van der Waals surface area contributed by atoms with Crippen LogP contribution in [0.4, 0.5) is 0 Å². The molecule has 4 aromatic rings. The number of nitriles is 1. The summed E-state index contributed by atoms with van der Waals surface area (Å²) in [6, 6.07) is 25.8. The van der Waals surface area contributed by atoms with E-state index >= 15 is 0 Å². The number of benzene rings is 3. The molecule has 0 saturated carbocycles. The van der Waals surface area contributed by atoms with Gasteiger partial charge >= 0.3 is 0 Å². The molecule has 2 heterocycles. The van der Waals surface area contributed by atoms with Crippen LogP contribution in [0.5, 0.6) is 17.4 Å². The average molecular weight is 465 g/mol. The standard InChI is InChI=1S/C28H24N4O3/c1-17-6-8-18(9-7-17)16-34-22-5-3-4-20(14-22)24-23(15-29)27(30)35-28-25(24)26(31-32-28)19-10-12-21(33-2)13-11-19/h3-14,24H,16,30H2,1-2H3,(H,31,32). The van der Waals surface area contributed by atoms with Crippen molar-refractivity contribution in [1.82, 2.24) is 10.2 Å². The minimum Gasteiger partial charge on any atom is -0.497 e. The molecule has 0 spiro atoms. The lowest BCUT2D eigenvalue weighted by atomic mass is 9.83. The van der Waals surface area contributed by atoms with Crippen molar-refractivity contribution in [3.8, 4) is 34.7 Å². The van der Waals surface area contributed by atoms with Crippen LogP contribution in [0.1, 0.15) is 28.2 Å². The van der Waals surface area contributed by atoms with Crippen molar-refractivity contribution in [3.63, 3.8) is 0 Å². The monoisotopic (exact) mass is 464 g/mol. The van der Waals surface area contributed by atoms with E-state index in [0.29, 0.717) is 23.8 Å². The van der Waals surface area contributed by atoms with Gasteiger partial charge < -0.3 is 19.9 Å². The summed E-state index contributed by atoms with van der Waals surface area (Å²) in [7, 11) is 1.62. The molecule has 1 aliphatic heterocycles. The first-order valence-corrected chi connectivity index (χ1v) is 11.2. The lowest BCUT2D eigenvalue weighted by Crippen LogP contribution is -2.21. The Morgan fingerprint density at radius 1 is 1.06 bits per heavy atom. The van der Waals surface area contributed by atoms with Crippen LogP contribution in [0.15, 0.2) is 84.3 Å². The van der Waals surface area contributed by atoms with E-state index in [1.165, 1.54) is 5.56 Å². The minimum absolute atomic E-state index is 0.0451. The summed E-state index contributed by atoms with van der Waals surface area (Å²) in [6.45, 7) is 2.49. The Labute approximate surface area is 203 Å². The van der Waals surface area contributed by atoms with E-state index in [2.05, 4.69) is 35.3 Å². The van der Waals surface area contributed by atoms with Crippen LogP contribution >= 0.6 is 0 Å². The van der Waals surface area contributed by atoms with Gasteiger partial charge in [-0.1, -0.05) is 42.0 Å². The molecule has 5 rings (SSSR count). The maximum Gasteiger partial charge on any atom is 0.244 e. The number of rotatable bonds is 6. The number of aromatic nitrogens is 2. The van der Waals surface area contributed by atoms with Crippen LogP contribution in [-0.2, 0) is 6.61 Å². The molecular weight excluding hydrogens is 440 g/mol. The first-order chi connectivity index (χ1) is 17.1. The van der Waals surface area contributed by atoms with E-state index in [-0.39, 0.29) is 5.88 Å². The Morgan fingerprint density at radius 2 is 1.83 bits per heavy atom. The number of H-pyrrole nitrogens is 1. The lowest BCUT2D eigenvalue weighted by molar-refractivity contribution is 0.305. The third-order valence-corrected chi connectivity index (χ3v) is 6.04. The number of nitrogens with zero attached hydrogens (tertiary/aromatic N) is 2. The second kappa shape index (κ2) is 9.27. The van der Waals surface area contributed by atoms with Gasteiger partial charge in [-0.3, -0.25) is 5.10 Å². The van der Waals surface area contributed by atoms with Gasteiger partial charge in [0.15, 0.2) is 0 Å². The summed E-state index contributed by atoms with van der Waals surface area (Å²) in [5.41, 5.74) is 12.0. The maximum absolute atomic E-state index is 9.98. The van der Waals surface area contributed by atoms with Crippen LogP contribution in [-0.4, -0.2) is 17.3 Å². The van der Waals surface area contributed by atoms with Crippen LogP contribution < -0.4 is 19.9 Å². The molecule has 0 amide bonds. The van der Waals surface area contributed by atoms with Crippen molar-refractivity contribution < 1.29 is 14.2 Å². The largest absolute Gasteiger partial charge is 0.497 e. The molecule has 0 fully saturated rings. The highest BCUT2D eigenvalue weighted by Crippen LogP contribution is 2.46. The van der Waals surface area contributed by atoms with Gasteiger partial charge in [0.25, 0.3) is 0 Å². The van der Waals surface area contributed by atoms with Crippen LogP contribution in [0.25, 0.3) is 11.3 Å². The molecule has 0 saturated heterocycles. The number of hydrogen-bond donors (Lipinski definition) is 2. The predicted octanol–water partition coefficient (Wildman–Crippen LogP) is 5.19. The minimum atomic E-state index is -0.470. The smallest absolute Gasteiger partial charge is 0.244 e. The first kappa shape index (κ1) is 22.1. The Bertz CT molecular complexity index is 1430. The summed E-state index contributed by atoms with van der Waals surface area (Å²) in [5, 5.41) is 17.4. The number of allylic oxidation sites excluding steroid dienone is 1. The molecule has 174 valence electrons. The van der Waals surface area contributed by atoms with Crippen LogP contribution in [0, 0.1) is 18.3 Å². The fourth-order valence-corrected chi connectivity index (χ4v) is 4.19. The zero-order valence-corrected chi connectivity index (χ0v) is 19.4. The molecule has 1 atom stereocenters. The van der Waals surface area contributed by atoms with E-state index < -0.39 is 5.92 Å². The average Bonchev–Trinajstić information content (AvgIpc) is 3.31. The van der Waals surface area contributed by atoms with Crippen LogP contribution in [0.3, 0.4) is 0 Å². The van der Waals surface area contributed by atoms with Crippen molar-refractivity contribution in [1.29, 1.82) is 5.26 Å². The van der Waals surface area contributed by atoms with Crippen molar-refractivity contribution in [2.75, 3.05) is 7.11 Å². The highest BCUT2D eigenvalue weighted by Gasteiger charge is 2.35. The lowest BCUT2D eigenvalue weighted by Gasteiger charge is -2.24. The summed E-state index contributed by atoms with van der Waals surface area (Å²) < 4.78 is 17.1. The van der Waals surface area contributed by atoms with E-state index in [1.807, 2.05) is 60.7 Å². The van der Waals surface area contributed by atoms with Gasteiger partial charge in [0.1, 0.15) is 29.7 Å². The first-order valence-electron chi connectivity index (χ1n) is 11.2. The second-order valence-electron chi connectivity index (χ2n) is 8.32. The van der Waals surface area contributed by atoms with Gasteiger partial charge in [0, 0.05) is 5.56 Å². The molecule has 1 aromatic heterocycles. The number of aromatic amines is 1. The van der Waals surface area contributed by atoms with Gasteiger partial charge in [0.2, 0.25) is 11.8 Å². The molecule has 35 heavy (non-hydrogen) atoms. The molecule has 3 N–H and O–H groups in total. The Hall–Kier alpha value is -4.70. The van der Waals surface area contributed by atoms with Crippen LogP contribution in [0.2, 0.25) is 0 Å². The summed E-state index contributed by atoms with van der Waals surface area (Å²) in [4.78, 5) is 0. The zero-order valence-electron chi connectivity index (χ0n) is 19.4. The number of hydrogen-bond acceptors (Lipinski definition) is 6. The number of nitrogens with two attached hydrogens (primary N) is 1. The number of fused-ring (bicyclic) bond motifs is 1. The molecule has 7 heteroatoms. The molecular formula is C28H24N4O3. The van der Waals surface area contributed by atoms with E-state index in [9.17, 15) is 5.26 Å². The third kappa shape index (κ3) is 4.30. The molecule has 0 bridgehead atoms. The molecule has 7 nitrogen and oxygen atoms in total. The molecule has 0 radical (unpaired) electrons. The summed E-state index contributed by atoms with van der Waals surface area (Å²) in [6.07, 6.45) is 0. The van der Waals surface area contributed by atoms with Crippen molar-refractivity contribution in [2.24, 2.45) is 5.73 Å². The summed E-state index contributed by atoms with van der Waals surface area (Å²) in [5.74, 6) is 1.37. The van der Waals surface area contributed by atoms with Gasteiger partial charge in [-0.15, -0.1) is 5.10 Å². The van der Waals surface area contributed by atoms with Gasteiger partial charge in [0.05, 0.1) is 24.3 Å². The fraction of sp³-hybridized carbons (Fsp3) is 0.143. The van der Waals surface area contributed by atoms with E-state index in [1.54, 1.807) is 7.11 Å². The van der Waals surface area contributed by atoms with Crippen molar-refractivity contribution in [3.05, 3.63) is 107 Å². The number of nitrogens with one attached hydrogen (secondary N) is 1. The maximum atomic E-state index is 9.98. The number of ether oxygens (including phenoxy) is 3. The number of methoxy groups -OCH3 is 1. The molecule has 1 unspecified atom stereocenters. The molecule has 0 aliphatic carbocycles. The quantitative estimate of drug-likeness (QED) is 0.407. The topological polar surface area (TPSA) is 106 Å². The number of aryl methyl sites for hydroxylation is 1. The van der Waals surface area contributed by atoms with Gasteiger partial charge in [-0.05, 0) is 54.4 Å². The highest BCUT2D eigenvalue weighted by molar-refractivity contribution is 5.71. The normalized spacial score (nSPS) is 14.6. The van der Waals surface area contributed by atoms with E-state index in [0.717, 1.165) is 33.7 Å². The Balaban J connectivity index is 1.53. The third-order valence-electron chi connectivity index (χ3n) is 6.04. The summed E-state index contributed by atoms with van der Waals surface area (Å²) >= 11 is 0. The van der Waals surface area contributed by atoms with Crippen molar-refractivity contribution >= 4 is 0 Å². The second-order valence-corrected chi connectivity index (χ2v) is 8.32. The van der Waals surface area contributed by atoms with E-state index in [4.69, 9.17) is 19.9 Å². The zero-order chi connectivity index (χ0) is 24.4. The van der Waals surface area contributed by atoms with Gasteiger partial charge in [-0.25, -0.2) is 0 Å². The molecule has 1 aliphatic rings. The fourth-order valence-electron chi connectivity index (χ4n) is 4.19. The Kier molecular flexibility index (Phi) is 5.86. The van der Waals surface area contributed by atoms with Crippen molar-refractivity contribution in [2.45, 2.75) is 19.4 Å². The van der Waals surface area contributed by atoms with Gasteiger partial charge in [-0.2, -0.15) is 5.26 Å².